The van der Waals surface area contributed by atoms with Crippen molar-refractivity contribution >= 4 is 12.0 Å². The quantitative estimate of drug-likeness (QED) is 0.860. The Morgan fingerprint density at radius 3 is 1.94 bits per heavy atom. The van der Waals surface area contributed by atoms with E-state index in [2.05, 4.69) is 25.6 Å². The summed E-state index contributed by atoms with van der Waals surface area (Å²) in [5.41, 5.74) is 2.55. The minimum Gasteiger partial charge on any atom is -0.478 e. The molecule has 0 heterocycles. The maximum Gasteiger partial charge on any atom is 0.335 e. The maximum absolute atomic E-state index is 10.4. The lowest BCUT2D eigenvalue weighted by atomic mass is 10.1. The van der Waals surface area contributed by atoms with Crippen molar-refractivity contribution in [1.29, 1.82) is 0 Å². The van der Waals surface area contributed by atoms with Crippen LogP contribution in [0.3, 0.4) is 0 Å². The molecule has 0 aromatic heterocycles. The van der Waals surface area contributed by atoms with E-state index in [0.29, 0.717) is 5.56 Å². The number of aromatic carboxylic acids is 1. The van der Waals surface area contributed by atoms with Crippen molar-refractivity contribution in [2.45, 2.75) is 6.92 Å². The summed E-state index contributed by atoms with van der Waals surface area (Å²) in [7, 11) is 0. The van der Waals surface area contributed by atoms with Crippen LogP contribution in [0.25, 0.3) is 6.08 Å². The zero-order chi connectivity index (χ0) is 13.4. The first-order chi connectivity index (χ1) is 8.63. The van der Waals surface area contributed by atoms with Crippen molar-refractivity contribution in [3.8, 4) is 0 Å². The molecule has 0 aliphatic carbocycles. The highest BCUT2D eigenvalue weighted by molar-refractivity contribution is 5.87. The van der Waals surface area contributed by atoms with Gasteiger partial charge in [0.05, 0.1) is 5.56 Å². The van der Waals surface area contributed by atoms with Gasteiger partial charge < -0.3 is 5.11 Å². The third-order valence-electron chi connectivity index (χ3n) is 2.33. The summed E-state index contributed by atoms with van der Waals surface area (Å²) in [5, 5.41) is 8.52. The van der Waals surface area contributed by atoms with Crippen LogP contribution in [0, 0.1) is 6.92 Å². The van der Waals surface area contributed by atoms with Crippen molar-refractivity contribution < 1.29 is 9.90 Å². The molecule has 0 spiro atoms. The normalized spacial score (nSPS) is 8.94. The number of carboxylic acid groups (broad SMARTS) is 1. The molecule has 0 aliphatic rings. The molecule has 2 aromatic carbocycles. The number of hydrogen-bond donors (Lipinski definition) is 1. The van der Waals surface area contributed by atoms with Gasteiger partial charge in [-0.3, -0.25) is 0 Å². The summed E-state index contributed by atoms with van der Waals surface area (Å²) in [4.78, 5) is 10.4. The molecule has 2 aromatic rings. The van der Waals surface area contributed by atoms with Crippen LogP contribution in [-0.4, -0.2) is 11.1 Å². The van der Waals surface area contributed by atoms with Crippen molar-refractivity contribution in [3.63, 3.8) is 0 Å². The van der Waals surface area contributed by atoms with Crippen LogP contribution < -0.4 is 0 Å². The molecule has 0 radical (unpaired) electrons. The standard InChI is InChI=1S/C9H8O2.C7H8/c1-2-7-3-5-8(6-4-7)9(10)11;1-7-5-3-2-4-6-7/h2-6H,1H2,(H,10,11);2-6H,1H3. The molecule has 0 aliphatic heterocycles. The SMILES string of the molecule is C=Cc1ccc(C(=O)O)cc1.Cc1ccccc1. The van der Waals surface area contributed by atoms with Gasteiger partial charge in [0, 0.05) is 0 Å². The first kappa shape index (κ1) is 13.7. The van der Waals surface area contributed by atoms with Gasteiger partial charge in [0.15, 0.2) is 0 Å². The minimum absolute atomic E-state index is 0.301. The van der Waals surface area contributed by atoms with Crippen LogP contribution >= 0.6 is 0 Å². The Morgan fingerprint density at radius 1 is 1.06 bits per heavy atom. The smallest absolute Gasteiger partial charge is 0.335 e. The Balaban J connectivity index is 0.000000199. The van der Waals surface area contributed by atoms with E-state index >= 15 is 0 Å². The lowest BCUT2D eigenvalue weighted by molar-refractivity contribution is 0.0697. The Bertz CT molecular complexity index is 498. The van der Waals surface area contributed by atoms with E-state index in [1.54, 1.807) is 30.3 Å². The van der Waals surface area contributed by atoms with E-state index in [1.807, 2.05) is 18.2 Å². The summed E-state index contributed by atoms with van der Waals surface area (Å²) in [5.74, 6) is -0.902. The summed E-state index contributed by atoms with van der Waals surface area (Å²) in [6.07, 6.45) is 1.67. The highest BCUT2D eigenvalue weighted by Crippen LogP contribution is 2.04. The third-order valence-corrected chi connectivity index (χ3v) is 2.33. The minimum atomic E-state index is -0.902. The topological polar surface area (TPSA) is 37.3 Å². The molecular weight excluding hydrogens is 224 g/mol. The molecule has 18 heavy (non-hydrogen) atoms. The summed E-state index contributed by atoms with van der Waals surface area (Å²) in [6, 6.07) is 16.8. The molecule has 0 unspecified atom stereocenters. The molecule has 0 amide bonds. The van der Waals surface area contributed by atoms with E-state index in [0.717, 1.165) is 5.56 Å². The fourth-order valence-electron chi connectivity index (χ4n) is 1.30. The lowest BCUT2D eigenvalue weighted by Crippen LogP contribution is -1.94. The number of hydrogen-bond acceptors (Lipinski definition) is 1. The van der Waals surface area contributed by atoms with E-state index in [1.165, 1.54) is 5.56 Å². The molecule has 1 N–H and O–H groups in total. The number of benzene rings is 2. The number of aryl methyl sites for hydroxylation is 1. The first-order valence-electron chi connectivity index (χ1n) is 5.61. The predicted molar refractivity (Wildman–Crippen MR) is 74.7 cm³/mol. The van der Waals surface area contributed by atoms with Crippen LogP contribution in [0.4, 0.5) is 0 Å². The average Bonchev–Trinajstić information content (AvgIpc) is 2.40. The van der Waals surface area contributed by atoms with Crippen molar-refractivity contribution in [1.82, 2.24) is 0 Å². The molecule has 0 bridgehead atoms. The molecule has 92 valence electrons. The average molecular weight is 240 g/mol. The first-order valence-corrected chi connectivity index (χ1v) is 5.61. The number of carboxylic acids is 1. The maximum atomic E-state index is 10.4. The van der Waals surface area contributed by atoms with Gasteiger partial charge in [0.1, 0.15) is 0 Å². The van der Waals surface area contributed by atoms with E-state index in [4.69, 9.17) is 5.11 Å². The molecule has 2 nitrogen and oxygen atoms in total. The molecule has 0 fully saturated rings. The third kappa shape index (κ3) is 4.66. The van der Waals surface area contributed by atoms with Gasteiger partial charge in [0.25, 0.3) is 0 Å². The molecule has 2 heteroatoms. The monoisotopic (exact) mass is 240 g/mol. The van der Waals surface area contributed by atoms with E-state index in [-0.39, 0.29) is 0 Å². The summed E-state index contributed by atoms with van der Waals surface area (Å²) in [6.45, 7) is 5.64. The van der Waals surface area contributed by atoms with Crippen LogP contribution in [0.1, 0.15) is 21.5 Å². The van der Waals surface area contributed by atoms with Crippen LogP contribution in [0.5, 0.6) is 0 Å². The highest BCUT2D eigenvalue weighted by Gasteiger charge is 1.99. The van der Waals surface area contributed by atoms with Gasteiger partial charge >= 0.3 is 5.97 Å². The highest BCUT2D eigenvalue weighted by atomic mass is 16.4. The van der Waals surface area contributed by atoms with Crippen molar-refractivity contribution in [3.05, 3.63) is 77.9 Å². The van der Waals surface area contributed by atoms with Crippen molar-refractivity contribution in [2.24, 2.45) is 0 Å². The summed E-state index contributed by atoms with van der Waals surface area (Å²) < 4.78 is 0. The fourth-order valence-corrected chi connectivity index (χ4v) is 1.30. The molecule has 0 saturated carbocycles. The van der Waals surface area contributed by atoms with Gasteiger partial charge in [0.2, 0.25) is 0 Å². The van der Waals surface area contributed by atoms with Gasteiger partial charge in [-0.05, 0) is 24.6 Å². The second kappa shape index (κ2) is 7.07. The van der Waals surface area contributed by atoms with E-state index in [9.17, 15) is 4.79 Å². The largest absolute Gasteiger partial charge is 0.478 e. The fraction of sp³-hybridized carbons (Fsp3) is 0.0625. The molecular formula is C16H16O2. The Kier molecular flexibility index (Phi) is 5.39. The zero-order valence-electron chi connectivity index (χ0n) is 10.3. The predicted octanol–water partition coefficient (Wildman–Crippen LogP) is 4.02. The van der Waals surface area contributed by atoms with Crippen LogP contribution in [-0.2, 0) is 0 Å². The lowest BCUT2D eigenvalue weighted by Gasteiger charge is -1.93. The van der Waals surface area contributed by atoms with Crippen molar-refractivity contribution in [2.75, 3.05) is 0 Å². The second-order valence-electron chi connectivity index (χ2n) is 3.79. The number of carbonyl (C=O) groups is 1. The zero-order valence-corrected chi connectivity index (χ0v) is 10.3. The van der Waals surface area contributed by atoms with Gasteiger partial charge in [-0.15, -0.1) is 0 Å². The second-order valence-corrected chi connectivity index (χ2v) is 3.79. The van der Waals surface area contributed by atoms with Crippen LogP contribution in [0.2, 0.25) is 0 Å². The Labute approximate surface area is 107 Å². The Hall–Kier alpha value is -2.35. The van der Waals surface area contributed by atoms with Gasteiger partial charge in [-0.1, -0.05) is 60.7 Å². The van der Waals surface area contributed by atoms with E-state index < -0.39 is 5.97 Å². The molecule has 0 saturated heterocycles. The van der Waals surface area contributed by atoms with Gasteiger partial charge in [-0.2, -0.15) is 0 Å². The van der Waals surface area contributed by atoms with Crippen LogP contribution in [0.15, 0.2) is 61.2 Å². The molecule has 0 atom stereocenters. The summed E-state index contributed by atoms with van der Waals surface area (Å²) >= 11 is 0. The van der Waals surface area contributed by atoms with Gasteiger partial charge in [-0.25, -0.2) is 4.79 Å². The number of rotatable bonds is 2. The Morgan fingerprint density at radius 2 is 1.61 bits per heavy atom. The molecule has 2 rings (SSSR count).